The molecule has 1 atom stereocenters. The first-order chi connectivity index (χ1) is 10.7. The zero-order chi connectivity index (χ0) is 15.8. The normalized spacial score (nSPS) is 17.5. The van der Waals surface area contributed by atoms with E-state index in [0.717, 1.165) is 12.1 Å². The third-order valence-corrected chi connectivity index (χ3v) is 3.61. The van der Waals surface area contributed by atoms with Crippen LogP contribution >= 0.6 is 12.4 Å². The third-order valence-electron chi connectivity index (χ3n) is 3.61. The molecule has 2 amide bonds. The van der Waals surface area contributed by atoms with E-state index in [0.29, 0.717) is 26.1 Å². The van der Waals surface area contributed by atoms with Gasteiger partial charge in [0.05, 0.1) is 13.2 Å². The maximum atomic E-state index is 12.5. The second-order valence-corrected chi connectivity index (χ2v) is 5.26. The summed E-state index contributed by atoms with van der Waals surface area (Å²) in [5.41, 5.74) is 0.879. The van der Waals surface area contributed by atoms with Crippen LogP contribution in [0.1, 0.15) is 12.8 Å². The van der Waals surface area contributed by atoms with E-state index in [-0.39, 0.29) is 30.8 Å². The Balaban J connectivity index is 0.00000264. The zero-order valence-corrected chi connectivity index (χ0v) is 14.1. The van der Waals surface area contributed by atoms with Gasteiger partial charge in [-0.3, -0.25) is 9.59 Å². The Morgan fingerprint density at radius 1 is 1.35 bits per heavy atom. The van der Waals surface area contributed by atoms with Gasteiger partial charge in [-0.15, -0.1) is 12.4 Å². The molecular formula is C16H24ClN3O3. The fourth-order valence-electron chi connectivity index (χ4n) is 2.50. The van der Waals surface area contributed by atoms with Crippen LogP contribution in [0.15, 0.2) is 30.3 Å². The van der Waals surface area contributed by atoms with Crippen LogP contribution in [0.5, 0.6) is 0 Å². The maximum absolute atomic E-state index is 12.5. The van der Waals surface area contributed by atoms with Gasteiger partial charge in [-0.1, -0.05) is 18.2 Å². The Bertz CT molecular complexity index is 499. The highest BCUT2D eigenvalue weighted by atomic mass is 35.5. The molecule has 0 radical (unpaired) electrons. The van der Waals surface area contributed by atoms with Gasteiger partial charge in [-0.25, -0.2) is 0 Å². The number of methoxy groups -OCH3 is 1. The number of nitrogens with zero attached hydrogens (tertiary/aromatic N) is 1. The molecule has 128 valence electrons. The largest absolute Gasteiger partial charge is 0.383 e. The molecule has 0 spiro atoms. The van der Waals surface area contributed by atoms with Crippen molar-refractivity contribution in [1.29, 1.82) is 0 Å². The molecule has 0 aromatic heterocycles. The lowest BCUT2D eigenvalue weighted by molar-refractivity contribution is -0.128. The fraction of sp³-hybridized carbons (Fsp3) is 0.500. The average Bonchev–Trinajstić information content (AvgIpc) is 2.54. The van der Waals surface area contributed by atoms with Crippen molar-refractivity contribution in [3.8, 4) is 0 Å². The number of benzene rings is 1. The zero-order valence-electron chi connectivity index (χ0n) is 13.3. The number of rotatable bonds is 7. The number of carbonyl (C=O) groups excluding carboxylic acids is 2. The number of ether oxygens (including phenoxy) is 1. The highest BCUT2D eigenvalue weighted by Crippen LogP contribution is 2.20. The van der Waals surface area contributed by atoms with Gasteiger partial charge < -0.3 is 20.3 Å². The van der Waals surface area contributed by atoms with Crippen molar-refractivity contribution in [1.82, 2.24) is 10.6 Å². The number of nitrogens with one attached hydrogen (secondary N) is 2. The highest BCUT2D eigenvalue weighted by Gasteiger charge is 2.30. The van der Waals surface area contributed by atoms with Gasteiger partial charge >= 0.3 is 0 Å². The van der Waals surface area contributed by atoms with Gasteiger partial charge in [0.25, 0.3) is 0 Å². The first-order valence-electron chi connectivity index (χ1n) is 7.58. The molecule has 1 aromatic rings. The van der Waals surface area contributed by atoms with Crippen molar-refractivity contribution < 1.29 is 14.3 Å². The smallest absolute Gasteiger partial charge is 0.249 e. The van der Waals surface area contributed by atoms with Crippen molar-refractivity contribution in [2.75, 3.05) is 38.3 Å². The van der Waals surface area contributed by atoms with Crippen LogP contribution in [0.2, 0.25) is 0 Å². The van der Waals surface area contributed by atoms with E-state index in [2.05, 4.69) is 10.6 Å². The van der Waals surface area contributed by atoms with E-state index >= 15 is 0 Å². The van der Waals surface area contributed by atoms with E-state index < -0.39 is 6.04 Å². The van der Waals surface area contributed by atoms with E-state index in [4.69, 9.17) is 4.74 Å². The predicted molar refractivity (Wildman–Crippen MR) is 92.0 cm³/mol. The van der Waals surface area contributed by atoms with Crippen molar-refractivity contribution in [3.05, 3.63) is 30.3 Å². The van der Waals surface area contributed by atoms with Crippen LogP contribution in [-0.4, -0.2) is 51.2 Å². The minimum Gasteiger partial charge on any atom is -0.383 e. The van der Waals surface area contributed by atoms with Crippen molar-refractivity contribution >= 4 is 29.9 Å². The van der Waals surface area contributed by atoms with E-state index in [9.17, 15) is 9.59 Å². The molecule has 2 rings (SSSR count). The number of halogens is 1. The molecule has 1 aliphatic heterocycles. The summed E-state index contributed by atoms with van der Waals surface area (Å²) < 4.78 is 4.90. The molecule has 6 nitrogen and oxygen atoms in total. The molecule has 1 aliphatic rings. The number of anilines is 1. The number of hydrogen-bond donors (Lipinski definition) is 2. The lowest BCUT2D eigenvalue weighted by Crippen LogP contribution is -2.53. The summed E-state index contributed by atoms with van der Waals surface area (Å²) in [6.45, 7) is 2.05. The van der Waals surface area contributed by atoms with Gasteiger partial charge in [-0.2, -0.15) is 0 Å². The molecule has 7 heteroatoms. The van der Waals surface area contributed by atoms with Crippen LogP contribution in [0.3, 0.4) is 0 Å². The molecule has 0 aliphatic carbocycles. The van der Waals surface area contributed by atoms with Crippen LogP contribution < -0.4 is 15.5 Å². The van der Waals surface area contributed by atoms with Gasteiger partial charge in [-0.05, 0) is 25.0 Å². The lowest BCUT2D eigenvalue weighted by Gasteiger charge is -2.32. The topological polar surface area (TPSA) is 70.7 Å². The Kier molecular flexibility index (Phi) is 8.61. The molecule has 23 heavy (non-hydrogen) atoms. The van der Waals surface area contributed by atoms with Crippen LogP contribution in [0, 0.1) is 0 Å². The molecule has 1 aromatic carbocycles. The number of amides is 2. The first kappa shape index (κ1) is 19.4. The number of hydrogen-bond acceptors (Lipinski definition) is 4. The van der Waals surface area contributed by atoms with E-state index in [1.54, 1.807) is 12.0 Å². The molecule has 1 heterocycles. The second kappa shape index (κ2) is 10.2. The average molecular weight is 342 g/mol. The van der Waals surface area contributed by atoms with E-state index in [1.165, 1.54) is 0 Å². The maximum Gasteiger partial charge on any atom is 0.249 e. The Hall–Kier alpha value is -1.63. The molecule has 0 saturated carbocycles. The molecule has 0 bridgehead atoms. The second-order valence-electron chi connectivity index (χ2n) is 5.26. The molecule has 2 N–H and O–H groups in total. The number of carbonyl (C=O) groups is 2. The summed E-state index contributed by atoms with van der Waals surface area (Å²) >= 11 is 0. The quantitative estimate of drug-likeness (QED) is 0.725. The third kappa shape index (κ3) is 5.82. The first-order valence-corrected chi connectivity index (χ1v) is 7.58. The minimum atomic E-state index is -0.439. The number of para-hydroxylation sites is 1. The molecular weight excluding hydrogens is 318 g/mol. The minimum absolute atomic E-state index is 0. The van der Waals surface area contributed by atoms with Crippen molar-refractivity contribution in [2.45, 2.75) is 18.9 Å². The molecule has 1 saturated heterocycles. The van der Waals surface area contributed by atoms with Gasteiger partial charge in [0, 0.05) is 25.9 Å². The lowest BCUT2D eigenvalue weighted by atomic mass is 10.0. The van der Waals surface area contributed by atoms with Crippen LogP contribution in [0.4, 0.5) is 5.69 Å². The Morgan fingerprint density at radius 2 is 2.09 bits per heavy atom. The molecule has 1 unspecified atom stereocenters. The monoisotopic (exact) mass is 341 g/mol. The SMILES string of the molecule is COCCNCC(=O)NC1CCCN(c2ccccc2)C1=O.Cl. The van der Waals surface area contributed by atoms with Crippen molar-refractivity contribution in [2.24, 2.45) is 0 Å². The van der Waals surface area contributed by atoms with Gasteiger partial charge in [0.2, 0.25) is 11.8 Å². The van der Waals surface area contributed by atoms with Gasteiger partial charge in [0.1, 0.15) is 6.04 Å². The van der Waals surface area contributed by atoms with Crippen molar-refractivity contribution in [3.63, 3.8) is 0 Å². The number of piperidine rings is 1. The summed E-state index contributed by atoms with van der Waals surface area (Å²) in [7, 11) is 1.61. The fourth-order valence-corrected chi connectivity index (χ4v) is 2.50. The predicted octanol–water partition coefficient (Wildman–Crippen LogP) is 0.956. The summed E-state index contributed by atoms with van der Waals surface area (Å²) in [5.74, 6) is -0.202. The summed E-state index contributed by atoms with van der Waals surface area (Å²) in [5, 5.41) is 5.78. The summed E-state index contributed by atoms with van der Waals surface area (Å²) in [6, 6.07) is 9.12. The Labute approximate surface area is 143 Å². The summed E-state index contributed by atoms with van der Waals surface area (Å²) in [4.78, 5) is 26.1. The Morgan fingerprint density at radius 3 is 2.78 bits per heavy atom. The standard InChI is InChI=1S/C16H23N3O3.ClH/c1-22-11-9-17-12-15(20)18-14-8-5-10-19(16(14)21)13-6-3-2-4-7-13;/h2-4,6-7,14,17H,5,8-12H2,1H3,(H,18,20);1H. The van der Waals surface area contributed by atoms with E-state index in [1.807, 2.05) is 30.3 Å². The van der Waals surface area contributed by atoms with Crippen LogP contribution in [0.25, 0.3) is 0 Å². The van der Waals surface area contributed by atoms with Crippen LogP contribution in [-0.2, 0) is 14.3 Å². The highest BCUT2D eigenvalue weighted by molar-refractivity contribution is 6.00. The summed E-state index contributed by atoms with van der Waals surface area (Å²) in [6.07, 6.45) is 1.56. The molecule has 1 fully saturated rings. The van der Waals surface area contributed by atoms with Gasteiger partial charge in [0.15, 0.2) is 0 Å².